The van der Waals surface area contributed by atoms with Gasteiger partial charge in [-0.05, 0) is 74.5 Å². The Balaban J connectivity index is 1.16. The predicted molar refractivity (Wildman–Crippen MR) is 128 cm³/mol. The molecule has 2 fully saturated rings. The monoisotopic (exact) mass is 435 g/mol. The van der Waals surface area contributed by atoms with Crippen molar-refractivity contribution in [2.24, 2.45) is 11.8 Å². The molecule has 0 aliphatic carbocycles. The van der Waals surface area contributed by atoms with Crippen LogP contribution in [0.4, 0.5) is 11.4 Å². The molecule has 31 heavy (non-hydrogen) atoms. The van der Waals surface area contributed by atoms with Crippen LogP contribution in [0.1, 0.15) is 27.3 Å². The number of amides is 1. The lowest BCUT2D eigenvalue weighted by Crippen LogP contribution is -2.40. The zero-order valence-electron chi connectivity index (χ0n) is 17.9. The van der Waals surface area contributed by atoms with Gasteiger partial charge in [0.25, 0.3) is 5.91 Å². The van der Waals surface area contributed by atoms with Gasteiger partial charge in [0.1, 0.15) is 9.71 Å². The van der Waals surface area contributed by atoms with E-state index in [2.05, 4.69) is 44.8 Å². The van der Waals surface area contributed by atoms with Gasteiger partial charge in [0, 0.05) is 36.4 Å². The van der Waals surface area contributed by atoms with E-state index in [0.717, 1.165) is 53.8 Å². The molecule has 0 spiro atoms. The maximum absolute atomic E-state index is 12.6. The predicted octanol–water partition coefficient (Wildman–Crippen LogP) is 3.21. The van der Waals surface area contributed by atoms with Crippen molar-refractivity contribution in [3.63, 3.8) is 0 Å². The van der Waals surface area contributed by atoms with E-state index in [0.29, 0.717) is 17.1 Å². The number of thiophene rings is 1. The number of nitrogens with two attached hydrogens (primary N) is 1. The standard InChI is InChI=1S/C24H29N5OS/c1-15-2-7-20-21(25)22(31-24(20)28-15)23(30)27-10-8-16-3-5-19(6-4-16)29-11-9-17-12-26-13-18(17)14-29/h2-7,17-18,26H,8-14,25H2,1H3,(H,27,30)/t17-,18-/m0/s1. The highest BCUT2D eigenvalue weighted by Crippen LogP contribution is 2.32. The second kappa shape index (κ2) is 8.48. The summed E-state index contributed by atoms with van der Waals surface area (Å²) in [6.07, 6.45) is 2.07. The maximum atomic E-state index is 12.6. The van der Waals surface area contributed by atoms with Crippen molar-refractivity contribution in [3.05, 3.63) is 52.5 Å². The molecular weight excluding hydrogens is 406 g/mol. The number of carbonyl (C=O) groups is 1. The number of carbonyl (C=O) groups excluding carboxylic acids is 1. The Morgan fingerprint density at radius 3 is 2.87 bits per heavy atom. The number of anilines is 2. The lowest BCUT2D eigenvalue weighted by Gasteiger charge is -2.36. The van der Waals surface area contributed by atoms with Crippen molar-refractivity contribution in [1.82, 2.24) is 15.6 Å². The second-order valence-corrected chi connectivity index (χ2v) is 9.73. The zero-order valence-corrected chi connectivity index (χ0v) is 18.7. The van der Waals surface area contributed by atoms with Crippen LogP contribution >= 0.6 is 11.3 Å². The van der Waals surface area contributed by atoms with Crippen LogP contribution < -0.4 is 21.3 Å². The molecule has 1 amide bonds. The molecule has 5 rings (SSSR count). The third-order valence-corrected chi connectivity index (χ3v) is 7.76. The van der Waals surface area contributed by atoms with Crippen molar-refractivity contribution >= 4 is 38.8 Å². The Morgan fingerprint density at radius 2 is 2.03 bits per heavy atom. The summed E-state index contributed by atoms with van der Waals surface area (Å²) in [7, 11) is 0. The van der Waals surface area contributed by atoms with E-state index in [4.69, 9.17) is 5.73 Å². The number of pyridine rings is 1. The van der Waals surface area contributed by atoms with E-state index in [1.54, 1.807) is 0 Å². The van der Waals surface area contributed by atoms with Crippen LogP contribution in [-0.4, -0.2) is 43.6 Å². The highest BCUT2D eigenvalue weighted by atomic mass is 32.1. The van der Waals surface area contributed by atoms with Gasteiger partial charge in [0.05, 0.1) is 5.69 Å². The van der Waals surface area contributed by atoms with Crippen molar-refractivity contribution in [2.45, 2.75) is 19.8 Å². The van der Waals surface area contributed by atoms with Crippen LogP contribution in [0.5, 0.6) is 0 Å². The Morgan fingerprint density at radius 1 is 1.23 bits per heavy atom. The smallest absolute Gasteiger partial charge is 0.263 e. The Bertz CT molecular complexity index is 1090. The lowest BCUT2D eigenvalue weighted by molar-refractivity contribution is 0.0959. The van der Waals surface area contributed by atoms with Crippen molar-refractivity contribution in [3.8, 4) is 0 Å². The second-order valence-electron chi connectivity index (χ2n) is 8.74. The van der Waals surface area contributed by atoms with Crippen molar-refractivity contribution in [1.29, 1.82) is 0 Å². The van der Waals surface area contributed by atoms with Gasteiger partial charge in [0.2, 0.25) is 0 Å². The number of rotatable bonds is 5. The van der Waals surface area contributed by atoms with Crippen molar-refractivity contribution in [2.75, 3.05) is 43.4 Å². The highest BCUT2D eigenvalue weighted by Gasteiger charge is 2.32. The molecule has 7 heteroatoms. The van der Waals surface area contributed by atoms with E-state index >= 15 is 0 Å². The Labute approximate surface area is 186 Å². The topological polar surface area (TPSA) is 83.3 Å². The third kappa shape index (κ3) is 4.12. The molecule has 2 atom stereocenters. The van der Waals surface area contributed by atoms with Crippen LogP contribution in [0, 0.1) is 18.8 Å². The SMILES string of the molecule is Cc1ccc2c(N)c(C(=O)NCCc3ccc(N4CC[C@H]5CNC[C@H]5C4)cc3)sc2n1. The molecule has 2 aliphatic rings. The fourth-order valence-electron chi connectivity index (χ4n) is 4.80. The number of hydrogen-bond acceptors (Lipinski definition) is 6. The number of nitrogens with zero attached hydrogens (tertiary/aromatic N) is 2. The average molecular weight is 436 g/mol. The molecule has 2 aromatic heterocycles. The number of aromatic nitrogens is 1. The molecule has 0 radical (unpaired) electrons. The number of nitrogen functional groups attached to an aromatic ring is 1. The summed E-state index contributed by atoms with van der Waals surface area (Å²) in [6, 6.07) is 12.7. The molecule has 0 bridgehead atoms. The molecule has 4 N–H and O–H groups in total. The lowest BCUT2D eigenvalue weighted by atomic mass is 9.88. The zero-order chi connectivity index (χ0) is 21.4. The van der Waals surface area contributed by atoms with Crippen LogP contribution in [0.15, 0.2) is 36.4 Å². The van der Waals surface area contributed by atoms with E-state index in [9.17, 15) is 4.79 Å². The highest BCUT2D eigenvalue weighted by molar-refractivity contribution is 7.21. The van der Waals surface area contributed by atoms with Gasteiger partial charge >= 0.3 is 0 Å². The van der Waals surface area contributed by atoms with Crippen LogP contribution in [0.25, 0.3) is 10.2 Å². The van der Waals surface area contributed by atoms with E-state index in [1.165, 1.54) is 35.6 Å². The molecule has 1 aromatic carbocycles. The Hall–Kier alpha value is -2.64. The summed E-state index contributed by atoms with van der Waals surface area (Å²) < 4.78 is 0. The van der Waals surface area contributed by atoms with Gasteiger partial charge in [0.15, 0.2) is 0 Å². The van der Waals surface area contributed by atoms with E-state index < -0.39 is 0 Å². The molecular formula is C24H29N5OS. The summed E-state index contributed by atoms with van der Waals surface area (Å²) in [4.78, 5) is 21.0. The number of fused-ring (bicyclic) bond motifs is 2. The minimum atomic E-state index is -0.122. The number of benzene rings is 1. The normalized spacial score (nSPS) is 20.7. The molecule has 2 aliphatic heterocycles. The van der Waals surface area contributed by atoms with E-state index in [1.807, 2.05) is 19.1 Å². The van der Waals surface area contributed by atoms with Crippen molar-refractivity contribution < 1.29 is 4.79 Å². The summed E-state index contributed by atoms with van der Waals surface area (Å²) in [5.74, 6) is 1.51. The van der Waals surface area contributed by atoms with Gasteiger partial charge < -0.3 is 21.3 Å². The fourth-order valence-corrected chi connectivity index (χ4v) is 5.86. The van der Waals surface area contributed by atoms with Gasteiger partial charge in [-0.15, -0.1) is 11.3 Å². The molecule has 6 nitrogen and oxygen atoms in total. The fraction of sp³-hybridized carbons (Fsp3) is 0.417. The summed E-state index contributed by atoms with van der Waals surface area (Å²) in [5.41, 5.74) is 10.2. The van der Waals surface area contributed by atoms with E-state index in [-0.39, 0.29) is 5.91 Å². The first kappa shape index (κ1) is 20.3. The Kier molecular flexibility index (Phi) is 5.54. The average Bonchev–Trinajstić information content (AvgIpc) is 3.37. The maximum Gasteiger partial charge on any atom is 0.263 e. The first-order chi connectivity index (χ1) is 15.1. The molecule has 0 saturated carbocycles. The number of hydrogen-bond donors (Lipinski definition) is 3. The van der Waals surface area contributed by atoms with Crippen LogP contribution in [0.3, 0.4) is 0 Å². The molecule has 0 unspecified atom stereocenters. The minimum absolute atomic E-state index is 0.122. The first-order valence-electron chi connectivity index (χ1n) is 11.1. The van der Waals surface area contributed by atoms with Gasteiger partial charge in [-0.3, -0.25) is 4.79 Å². The van der Waals surface area contributed by atoms with Crippen LogP contribution in [-0.2, 0) is 6.42 Å². The molecule has 3 aromatic rings. The third-order valence-electron chi connectivity index (χ3n) is 6.64. The molecule has 4 heterocycles. The molecule has 162 valence electrons. The van der Waals surface area contributed by atoms with Gasteiger partial charge in [-0.25, -0.2) is 4.98 Å². The summed E-state index contributed by atoms with van der Waals surface area (Å²) >= 11 is 1.36. The number of nitrogens with one attached hydrogen (secondary N) is 2. The van der Waals surface area contributed by atoms with Gasteiger partial charge in [-0.2, -0.15) is 0 Å². The largest absolute Gasteiger partial charge is 0.397 e. The first-order valence-corrected chi connectivity index (χ1v) is 11.9. The number of piperidine rings is 1. The molecule has 2 saturated heterocycles. The quantitative estimate of drug-likeness (QED) is 0.573. The summed E-state index contributed by atoms with van der Waals surface area (Å²) in [6.45, 7) is 7.15. The van der Waals surface area contributed by atoms with Crippen LogP contribution in [0.2, 0.25) is 0 Å². The minimum Gasteiger partial charge on any atom is -0.397 e. The van der Waals surface area contributed by atoms with Gasteiger partial charge in [-0.1, -0.05) is 12.1 Å². The summed E-state index contributed by atoms with van der Waals surface area (Å²) in [5, 5.41) is 7.40. The number of aryl methyl sites for hydroxylation is 1.